The third-order valence-electron chi connectivity index (χ3n) is 5.75. The van der Waals surface area contributed by atoms with Crippen LogP contribution in [0.5, 0.6) is 0 Å². The maximum absolute atomic E-state index is 11.8. The minimum Gasteiger partial charge on any atom is -0.444 e. The summed E-state index contributed by atoms with van der Waals surface area (Å²) in [6.45, 7) is 16.0. The third kappa shape index (κ3) is 11.3. The summed E-state index contributed by atoms with van der Waals surface area (Å²) in [6, 6.07) is 4.47. The number of piperidine rings is 2. The number of carbonyl (C=O) groups is 2. The molecule has 2 aliphatic heterocycles. The van der Waals surface area contributed by atoms with Crippen LogP contribution in [-0.4, -0.2) is 59.4 Å². The van der Waals surface area contributed by atoms with E-state index >= 15 is 0 Å². The fourth-order valence-electron chi connectivity index (χ4n) is 3.79. The molecule has 2 fully saturated rings. The van der Waals surface area contributed by atoms with Crippen molar-refractivity contribution < 1.29 is 19.1 Å². The third-order valence-corrected chi connectivity index (χ3v) is 5.75. The van der Waals surface area contributed by atoms with E-state index in [1.165, 1.54) is 0 Å². The molecule has 2 amide bonds. The molecule has 0 saturated carbocycles. The summed E-state index contributed by atoms with van der Waals surface area (Å²) in [4.78, 5) is 27.0. The Hall–Kier alpha value is -2.48. The van der Waals surface area contributed by atoms with Crippen LogP contribution in [0.3, 0.4) is 0 Å². The summed E-state index contributed by atoms with van der Waals surface area (Å²) in [5.41, 5.74) is -0.867. The van der Waals surface area contributed by atoms with E-state index < -0.39 is 11.2 Å². The van der Waals surface area contributed by atoms with Gasteiger partial charge in [-0.3, -0.25) is 0 Å². The van der Waals surface area contributed by atoms with E-state index in [-0.39, 0.29) is 18.1 Å². The SMILES string of the molecule is CC(C#N)C1CCN(C(=O)OC(C)(C)C)CC1.CC(C)(C)OC(=O)N1CCC(CC#N)CC1. The van der Waals surface area contributed by atoms with Gasteiger partial charge in [-0.25, -0.2) is 9.59 Å². The lowest BCUT2D eigenvalue weighted by Crippen LogP contribution is -2.42. The van der Waals surface area contributed by atoms with E-state index in [1.807, 2.05) is 48.5 Å². The minimum atomic E-state index is -0.437. The first-order valence-electron chi connectivity index (χ1n) is 12.0. The molecular formula is C25H42N4O4. The van der Waals surface area contributed by atoms with Crippen LogP contribution in [0.15, 0.2) is 0 Å². The highest BCUT2D eigenvalue weighted by Crippen LogP contribution is 2.25. The molecule has 0 N–H and O–H groups in total. The van der Waals surface area contributed by atoms with Crippen LogP contribution in [0.2, 0.25) is 0 Å². The van der Waals surface area contributed by atoms with Gasteiger partial charge in [-0.15, -0.1) is 0 Å². The van der Waals surface area contributed by atoms with E-state index in [0.29, 0.717) is 44.4 Å². The number of nitrogens with zero attached hydrogens (tertiary/aromatic N) is 4. The van der Waals surface area contributed by atoms with Gasteiger partial charge in [0.25, 0.3) is 0 Å². The zero-order valence-electron chi connectivity index (χ0n) is 21.5. The average molecular weight is 463 g/mol. The Morgan fingerprint density at radius 1 is 0.848 bits per heavy atom. The summed E-state index contributed by atoms with van der Waals surface area (Å²) in [5.74, 6) is 0.943. The molecule has 0 radical (unpaired) electrons. The highest BCUT2D eigenvalue weighted by atomic mass is 16.6. The highest BCUT2D eigenvalue weighted by molar-refractivity contribution is 5.68. The Morgan fingerprint density at radius 2 is 1.24 bits per heavy atom. The topological polar surface area (TPSA) is 107 Å². The molecule has 2 heterocycles. The zero-order valence-corrected chi connectivity index (χ0v) is 21.5. The lowest BCUT2D eigenvalue weighted by molar-refractivity contribution is 0.0167. The lowest BCUT2D eigenvalue weighted by Gasteiger charge is -2.34. The zero-order chi connectivity index (χ0) is 25.2. The molecule has 186 valence electrons. The Labute approximate surface area is 199 Å². The molecule has 8 heteroatoms. The van der Waals surface area contributed by atoms with Crippen LogP contribution in [0.1, 0.15) is 80.6 Å². The van der Waals surface area contributed by atoms with Gasteiger partial charge in [0.05, 0.1) is 12.1 Å². The average Bonchev–Trinajstić information content (AvgIpc) is 2.72. The standard InChI is InChI=1S/C13H22N2O2.C12H20N2O2/c1-10(9-14)11-5-7-15(8-6-11)12(16)17-13(2,3)4;1-12(2,3)16-11(15)14-8-5-10(4-7-13)6-9-14/h10-11H,5-8H2,1-4H3;10H,4-6,8-9H2,1-3H3. The van der Waals surface area contributed by atoms with Crippen molar-refractivity contribution in [1.29, 1.82) is 10.5 Å². The van der Waals surface area contributed by atoms with Gasteiger partial charge in [-0.1, -0.05) is 0 Å². The fourth-order valence-corrected chi connectivity index (χ4v) is 3.79. The molecule has 0 aliphatic carbocycles. The minimum absolute atomic E-state index is 0.0794. The molecule has 2 saturated heterocycles. The number of carbonyl (C=O) groups excluding carboxylic acids is 2. The predicted octanol–water partition coefficient (Wildman–Crippen LogP) is 5.34. The maximum Gasteiger partial charge on any atom is 0.410 e. The molecule has 0 aromatic carbocycles. The van der Waals surface area contributed by atoms with Gasteiger partial charge < -0.3 is 19.3 Å². The van der Waals surface area contributed by atoms with Gasteiger partial charge in [0, 0.05) is 38.5 Å². The highest BCUT2D eigenvalue weighted by Gasteiger charge is 2.29. The Kier molecular flexibility index (Phi) is 11.0. The molecule has 2 aliphatic rings. The summed E-state index contributed by atoms with van der Waals surface area (Å²) >= 11 is 0. The van der Waals surface area contributed by atoms with Crippen LogP contribution in [0.25, 0.3) is 0 Å². The molecule has 2 rings (SSSR count). The second-order valence-corrected chi connectivity index (χ2v) is 11.0. The van der Waals surface area contributed by atoms with Crippen molar-refractivity contribution in [2.45, 2.75) is 91.8 Å². The van der Waals surface area contributed by atoms with Gasteiger partial charge >= 0.3 is 12.2 Å². The van der Waals surface area contributed by atoms with Crippen molar-refractivity contribution in [2.75, 3.05) is 26.2 Å². The van der Waals surface area contributed by atoms with Crippen molar-refractivity contribution >= 4 is 12.2 Å². The number of rotatable bonds is 2. The summed E-state index contributed by atoms with van der Waals surface area (Å²) in [6.07, 6.45) is 3.74. The van der Waals surface area contributed by atoms with E-state index in [9.17, 15) is 9.59 Å². The van der Waals surface area contributed by atoms with E-state index in [2.05, 4.69) is 12.1 Å². The van der Waals surface area contributed by atoms with Crippen LogP contribution in [0.4, 0.5) is 9.59 Å². The normalized spacial score (nSPS) is 18.8. The van der Waals surface area contributed by atoms with E-state index in [1.54, 1.807) is 9.80 Å². The largest absolute Gasteiger partial charge is 0.444 e. The molecular weight excluding hydrogens is 420 g/mol. The first-order valence-corrected chi connectivity index (χ1v) is 12.0. The Bertz CT molecular complexity index is 711. The van der Waals surface area contributed by atoms with Gasteiger partial charge in [0.15, 0.2) is 0 Å². The van der Waals surface area contributed by atoms with Crippen LogP contribution in [-0.2, 0) is 9.47 Å². The van der Waals surface area contributed by atoms with Crippen molar-refractivity contribution in [3.63, 3.8) is 0 Å². The Balaban J connectivity index is 0.000000331. The van der Waals surface area contributed by atoms with Crippen molar-refractivity contribution in [2.24, 2.45) is 17.8 Å². The molecule has 1 unspecified atom stereocenters. The fraction of sp³-hybridized carbons (Fsp3) is 0.840. The van der Waals surface area contributed by atoms with Gasteiger partial charge in [0.1, 0.15) is 11.2 Å². The van der Waals surface area contributed by atoms with Crippen molar-refractivity contribution in [1.82, 2.24) is 9.80 Å². The van der Waals surface area contributed by atoms with Crippen molar-refractivity contribution in [3.05, 3.63) is 0 Å². The number of hydrogen-bond donors (Lipinski definition) is 0. The Morgan fingerprint density at radius 3 is 1.58 bits per heavy atom. The van der Waals surface area contributed by atoms with Crippen molar-refractivity contribution in [3.8, 4) is 12.1 Å². The van der Waals surface area contributed by atoms with Gasteiger partial charge in [-0.2, -0.15) is 10.5 Å². The van der Waals surface area contributed by atoms with E-state index in [0.717, 1.165) is 25.7 Å². The quantitative estimate of drug-likeness (QED) is 0.548. The first-order chi connectivity index (χ1) is 15.3. The number of nitriles is 2. The molecule has 0 spiro atoms. The summed E-state index contributed by atoms with van der Waals surface area (Å²) in [7, 11) is 0. The van der Waals surface area contributed by atoms with Gasteiger partial charge in [-0.05, 0) is 86.0 Å². The van der Waals surface area contributed by atoms with E-state index in [4.69, 9.17) is 20.0 Å². The molecule has 33 heavy (non-hydrogen) atoms. The molecule has 0 aromatic heterocycles. The first kappa shape index (κ1) is 28.6. The number of amides is 2. The molecule has 0 aromatic rings. The summed E-state index contributed by atoms with van der Waals surface area (Å²) < 4.78 is 10.6. The molecule has 8 nitrogen and oxygen atoms in total. The monoisotopic (exact) mass is 462 g/mol. The maximum atomic E-state index is 11.8. The molecule has 0 bridgehead atoms. The van der Waals surface area contributed by atoms with Crippen LogP contribution < -0.4 is 0 Å². The number of ether oxygens (including phenoxy) is 2. The summed E-state index contributed by atoms with van der Waals surface area (Å²) in [5, 5.41) is 17.5. The lowest BCUT2D eigenvalue weighted by atomic mass is 9.86. The predicted molar refractivity (Wildman–Crippen MR) is 126 cm³/mol. The van der Waals surface area contributed by atoms with Crippen LogP contribution in [0, 0.1) is 40.4 Å². The second-order valence-electron chi connectivity index (χ2n) is 11.0. The molecule has 1 atom stereocenters. The smallest absolute Gasteiger partial charge is 0.410 e. The number of likely N-dealkylation sites (tertiary alicyclic amines) is 2. The number of hydrogen-bond acceptors (Lipinski definition) is 6. The second kappa shape index (κ2) is 12.7. The van der Waals surface area contributed by atoms with Crippen LogP contribution >= 0.6 is 0 Å². The van der Waals surface area contributed by atoms with Gasteiger partial charge in [0.2, 0.25) is 0 Å².